The molecule has 1 unspecified atom stereocenters. The maximum absolute atomic E-state index is 12.2. The molecule has 0 saturated carbocycles. The Morgan fingerprint density at radius 1 is 1.40 bits per heavy atom. The van der Waals surface area contributed by atoms with Crippen molar-refractivity contribution in [2.45, 2.75) is 50.6 Å². The molecule has 114 valence electrons. The van der Waals surface area contributed by atoms with Crippen LogP contribution in [0.2, 0.25) is 0 Å². The zero-order valence-corrected chi connectivity index (χ0v) is 11.9. The highest BCUT2D eigenvalue weighted by Crippen LogP contribution is 2.19. The van der Waals surface area contributed by atoms with Gasteiger partial charge in [0.25, 0.3) is 0 Å². The molecule has 2 atom stereocenters. The molecule has 1 amide bonds. The van der Waals surface area contributed by atoms with E-state index in [9.17, 15) is 14.4 Å². The van der Waals surface area contributed by atoms with Gasteiger partial charge in [0.05, 0.1) is 12.6 Å². The molecule has 7 heteroatoms. The molecule has 1 heterocycles. The lowest BCUT2D eigenvalue weighted by atomic mass is 9.89. The van der Waals surface area contributed by atoms with Crippen LogP contribution in [0.15, 0.2) is 0 Å². The average molecular weight is 286 g/mol. The highest BCUT2D eigenvalue weighted by atomic mass is 16.5. The van der Waals surface area contributed by atoms with Crippen LogP contribution in [0.25, 0.3) is 0 Å². The number of carbonyl (C=O) groups is 3. The lowest BCUT2D eigenvalue weighted by Crippen LogP contribution is -2.59. The number of carboxylic acids is 1. The largest absolute Gasteiger partial charge is 0.480 e. The molecule has 20 heavy (non-hydrogen) atoms. The molecule has 0 radical (unpaired) electrons. The summed E-state index contributed by atoms with van der Waals surface area (Å²) in [5, 5.41) is 14.7. The summed E-state index contributed by atoms with van der Waals surface area (Å²) in [6.45, 7) is 2.50. The van der Waals surface area contributed by atoms with E-state index >= 15 is 0 Å². The number of carbonyl (C=O) groups excluding carboxylic acids is 2. The van der Waals surface area contributed by atoms with E-state index in [1.165, 1.54) is 7.11 Å². The second-order valence-corrected chi connectivity index (χ2v) is 5.20. The van der Waals surface area contributed by atoms with Gasteiger partial charge in [0.2, 0.25) is 5.91 Å². The Morgan fingerprint density at radius 2 is 2.10 bits per heavy atom. The number of hydrogen-bond donors (Lipinski definition) is 3. The van der Waals surface area contributed by atoms with E-state index in [-0.39, 0.29) is 18.7 Å². The average Bonchev–Trinajstić information content (AvgIpc) is 2.43. The summed E-state index contributed by atoms with van der Waals surface area (Å²) in [6.07, 6.45) is 2.58. The van der Waals surface area contributed by atoms with Crippen LogP contribution in [0.5, 0.6) is 0 Å². The molecule has 1 rings (SSSR count). The summed E-state index contributed by atoms with van der Waals surface area (Å²) in [5.74, 6) is -1.98. The van der Waals surface area contributed by atoms with E-state index in [1.54, 1.807) is 6.92 Å². The molecular weight excluding hydrogens is 264 g/mol. The van der Waals surface area contributed by atoms with Crippen LogP contribution in [-0.4, -0.2) is 48.2 Å². The third-order valence-corrected chi connectivity index (χ3v) is 3.59. The summed E-state index contributed by atoms with van der Waals surface area (Å²) >= 11 is 0. The monoisotopic (exact) mass is 286 g/mol. The predicted molar refractivity (Wildman–Crippen MR) is 71.1 cm³/mol. The standard InChI is InChI=1S/C13H22N2O5/c1-13(7-3-4-8-14-13)12(19)15-9(11(17)18)5-6-10(16)20-2/h9,14H,3-8H2,1-2H3,(H,15,19)(H,17,18)/t9-,13?/m0/s1. The second kappa shape index (κ2) is 7.23. The summed E-state index contributed by atoms with van der Waals surface area (Å²) in [4.78, 5) is 34.4. The summed E-state index contributed by atoms with van der Waals surface area (Å²) in [6, 6.07) is -1.08. The molecule has 1 fully saturated rings. The van der Waals surface area contributed by atoms with Gasteiger partial charge in [-0.05, 0) is 39.2 Å². The number of hydrogen-bond acceptors (Lipinski definition) is 5. The minimum Gasteiger partial charge on any atom is -0.480 e. The van der Waals surface area contributed by atoms with Crippen molar-refractivity contribution in [1.82, 2.24) is 10.6 Å². The van der Waals surface area contributed by atoms with E-state index < -0.39 is 23.5 Å². The zero-order chi connectivity index (χ0) is 15.2. The Labute approximate surface area is 118 Å². The molecule has 7 nitrogen and oxygen atoms in total. The number of methoxy groups -OCH3 is 1. The van der Waals surface area contributed by atoms with Gasteiger partial charge in [-0.15, -0.1) is 0 Å². The summed E-state index contributed by atoms with van der Waals surface area (Å²) in [5.41, 5.74) is -0.739. The Bertz CT molecular complexity index is 377. The fourth-order valence-corrected chi connectivity index (χ4v) is 2.19. The fourth-order valence-electron chi connectivity index (χ4n) is 2.19. The van der Waals surface area contributed by atoms with Crippen LogP contribution in [0.3, 0.4) is 0 Å². The van der Waals surface area contributed by atoms with Gasteiger partial charge in [0, 0.05) is 6.42 Å². The Morgan fingerprint density at radius 3 is 2.60 bits per heavy atom. The molecule has 3 N–H and O–H groups in total. The first-order valence-electron chi connectivity index (χ1n) is 6.74. The van der Waals surface area contributed by atoms with Gasteiger partial charge in [-0.3, -0.25) is 9.59 Å². The molecule has 0 bridgehead atoms. The van der Waals surface area contributed by atoms with Crippen molar-refractivity contribution in [3.63, 3.8) is 0 Å². The molecule has 0 spiro atoms. The third-order valence-electron chi connectivity index (χ3n) is 3.59. The zero-order valence-electron chi connectivity index (χ0n) is 11.9. The van der Waals surface area contributed by atoms with Crippen LogP contribution in [-0.2, 0) is 19.1 Å². The van der Waals surface area contributed by atoms with Crippen molar-refractivity contribution in [2.75, 3.05) is 13.7 Å². The SMILES string of the molecule is COC(=O)CC[C@H](NC(=O)C1(C)CCCCN1)C(=O)O. The minimum atomic E-state index is -1.15. The first-order chi connectivity index (χ1) is 9.39. The van der Waals surface area contributed by atoms with E-state index in [0.29, 0.717) is 6.42 Å². The van der Waals surface area contributed by atoms with Gasteiger partial charge in [-0.25, -0.2) is 4.79 Å². The van der Waals surface area contributed by atoms with E-state index in [2.05, 4.69) is 15.4 Å². The third kappa shape index (κ3) is 4.48. The van der Waals surface area contributed by atoms with Crippen molar-refractivity contribution in [3.8, 4) is 0 Å². The number of aliphatic carboxylic acids is 1. The number of nitrogens with one attached hydrogen (secondary N) is 2. The lowest BCUT2D eigenvalue weighted by Gasteiger charge is -2.34. The highest BCUT2D eigenvalue weighted by molar-refractivity contribution is 5.90. The van der Waals surface area contributed by atoms with Gasteiger partial charge < -0.3 is 20.5 Å². The molecule has 0 aliphatic carbocycles. The van der Waals surface area contributed by atoms with Crippen LogP contribution in [0.4, 0.5) is 0 Å². The molecule has 0 aromatic heterocycles. The number of ether oxygens (including phenoxy) is 1. The van der Waals surface area contributed by atoms with Crippen LogP contribution in [0.1, 0.15) is 39.0 Å². The second-order valence-electron chi connectivity index (χ2n) is 5.20. The molecule has 1 aliphatic heterocycles. The van der Waals surface area contributed by atoms with E-state index in [0.717, 1.165) is 19.4 Å². The maximum Gasteiger partial charge on any atom is 0.326 e. The van der Waals surface area contributed by atoms with Crippen LogP contribution >= 0.6 is 0 Å². The Balaban J connectivity index is 2.58. The first kappa shape index (κ1) is 16.4. The minimum absolute atomic E-state index is 0.0177. The van der Waals surface area contributed by atoms with Crippen molar-refractivity contribution in [2.24, 2.45) is 0 Å². The summed E-state index contributed by atoms with van der Waals surface area (Å²) < 4.78 is 4.46. The molecule has 0 aromatic carbocycles. The smallest absolute Gasteiger partial charge is 0.326 e. The Kier molecular flexibility index (Phi) is 5.94. The van der Waals surface area contributed by atoms with Crippen molar-refractivity contribution in [3.05, 3.63) is 0 Å². The normalized spacial score (nSPS) is 23.7. The topological polar surface area (TPSA) is 105 Å². The van der Waals surface area contributed by atoms with Gasteiger partial charge in [0.15, 0.2) is 0 Å². The van der Waals surface area contributed by atoms with Crippen molar-refractivity contribution in [1.29, 1.82) is 0 Å². The fraction of sp³-hybridized carbons (Fsp3) is 0.769. The van der Waals surface area contributed by atoms with Crippen molar-refractivity contribution < 1.29 is 24.2 Å². The van der Waals surface area contributed by atoms with E-state index in [4.69, 9.17) is 5.11 Å². The Hall–Kier alpha value is -1.63. The van der Waals surface area contributed by atoms with Crippen LogP contribution in [0, 0.1) is 0 Å². The molecule has 0 aromatic rings. The quantitative estimate of drug-likeness (QED) is 0.596. The first-order valence-corrected chi connectivity index (χ1v) is 6.74. The maximum atomic E-state index is 12.2. The number of amides is 1. The van der Waals surface area contributed by atoms with Gasteiger partial charge in [0.1, 0.15) is 6.04 Å². The number of carboxylic acid groups (broad SMARTS) is 1. The highest BCUT2D eigenvalue weighted by Gasteiger charge is 2.36. The number of piperidine rings is 1. The van der Waals surface area contributed by atoms with Crippen molar-refractivity contribution >= 4 is 17.8 Å². The predicted octanol–water partition coefficient (Wildman–Crippen LogP) is 0.0412. The van der Waals surface area contributed by atoms with Crippen LogP contribution < -0.4 is 10.6 Å². The van der Waals surface area contributed by atoms with Gasteiger partial charge in [-0.1, -0.05) is 0 Å². The number of rotatable bonds is 6. The molecular formula is C13H22N2O5. The lowest BCUT2D eigenvalue weighted by molar-refractivity contribution is -0.145. The molecule has 1 aliphatic rings. The van der Waals surface area contributed by atoms with Gasteiger partial charge >= 0.3 is 11.9 Å². The van der Waals surface area contributed by atoms with Gasteiger partial charge in [-0.2, -0.15) is 0 Å². The van der Waals surface area contributed by atoms with E-state index in [1.807, 2.05) is 0 Å². The molecule has 1 saturated heterocycles. The number of esters is 1. The summed E-state index contributed by atoms with van der Waals surface area (Å²) in [7, 11) is 1.24.